The molecule has 3 aromatic rings. The van der Waals surface area contributed by atoms with E-state index in [4.69, 9.17) is 4.74 Å². The molecule has 1 saturated heterocycles. The lowest BCUT2D eigenvalue weighted by Gasteiger charge is -2.13. The second-order valence-electron chi connectivity index (χ2n) is 7.43. The highest BCUT2D eigenvalue weighted by Gasteiger charge is 2.36. The molecule has 1 N–H and O–H groups in total. The normalized spacial score (nSPS) is 14.5. The van der Waals surface area contributed by atoms with Crippen LogP contribution in [0, 0.1) is 11.6 Å². The van der Waals surface area contributed by atoms with Crippen molar-refractivity contribution in [3.63, 3.8) is 0 Å². The van der Waals surface area contributed by atoms with Gasteiger partial charge in [0.25, 0.3) is 11.1 Å². The van der Waals surface area contributed by atoms with Gasteiger partial charge in [-0.1, -0.05) is 34.1 Å². The summed E-state index contributed by atoms with van der Waals surface area (Å²) in [6.45, 7) is -0.415. The van der Waals surface area contributed by atoms with Crippen LogP contribution in [0.3, 0.4) is 0 Å². The summed E-state index contributed by atoms with van der Waals surface area (Å²) in [5.74, 6) is -1.75. The number of imide groups is 1. The number of amides is 3. The lowest BCUT2D eigenvalue weighted by Crippen LogP contribution is -2.36. The van der Waals surface area contributed by atoms with Gasteiger partial charge < -0.3 is 10.1 Å². The molecule has 10 heteroatoms. The molecule has 0 aliphatic carbocycles. The molecule has 0 saturated carbocycles. The van der Waals surface area contributed by atoms with E-state index in [2.05, 4.69) is 21.2 Å². The molecule has 0 unspecified atom stereocenters. The first kappa shape index (κ1) is 24.6. The van der Waals surface area contributed by atoms with Crippen LogP contribution in [0.2, 0.25) is 0 Å². The summed E-state index contributed by atoms with van der Waals surface area (Å²) >= 11 is 4.07. The van der Waals surface area contributed by atoms with Crippen molar-refractivity contribution >= 4 is 56.5 Å². The highest BCUT2D eigenvalue weighted by molar-refractivity contribution is 9.10. The fraction of sp³-hybridized carbons (Fsp3) is 0.0800. The Morgan fingerprint density at radius 3 is 2.51 bits per heavy atom. The van der Waals surface area contributed by atoms with Gasteiger partial charge in [0.2, 0.25) is 5.91 Å². The maximum Gasteiger partial charge on any atom is 0.294 e. The van der Waals surface area contributed by atoms with Gasteiger partial charge in [0.1, 0.15) is 30.5 Å². The van der Waals surface area contributed by atoms with E-state index in [1.54, 1.807) is 30.3 Å². The van der Waals surface area contributed by atoms with Crippen molar-refractivity contribution in [1.29, 1.82) is 0 Å². The Balaban J connectivity index is 1.48. The molecule has 6 nitrogen and oxygen atoms in total. The molecule has 3 amide bonds. The Morgan fingerprint density at radius 2 is 1.77 bits per heavy atom. The summed E-state index contributed by atoms with van der Waals surface area (Å²) in [7, 11) is 0. The quantitative estimate of drug-likeness (QED) is 0.361. The molecule has 0 atom stereocenters. The summed E-state index contributed by atoms with van der Waals surface area (Å²) in [6, 6.07) is 16.4. The van der Waals surface area contributed by atoms with E-state index in [0.717, 1.165) is 15.4 Å². The molecular formula is C25H17BrF2N2O4S. The average molecular weight is 559 g/mol. The first-order valence-corrected chi connectivity index (χ1v) is 11.9. The van der Waals surface area contributed by atoms with Crippen molar-refractivity contribution in [3.05, 3.63) is 98.9 Å². The third-order valence-electron chi connectivity index (χ3n) is 4.83. The van der Waals surface area contributed by atoms with E-state index in [1.807, 2.05) is 0 Å². The van der Waals surface area contributed by atoms with Gasteiger partial charge in [0, 0.05) is 15.7 Å². The van der Waals surface area contributed by atoms with Crippen LogP contribution in [0.4, 0.5) is 19.3 Å². The summed E-state index contributed by atoms with van der Waals surface area (Å²) in [6.07, 6.45) is 1.50. The number of carbonyl (C=O) groups is 3. The minimum absolute atomic E-state index is 0.0992. The van der Waals surface area contributed by atoms with Crippen LogP contribution in [0.5, 0.6) is 5.75 Å². The zero-order chi connectivity index (χ0) is 24.9. The standard InChI is InChI=1S/C25H17BrF2N2O4S/c26-17-7-8-21(34-14-15-3-1-4-18(27)9-15)16(10-17)11-22-24(32)30(25(33)35-22)13-23(31)29-20-6-2-5-19(28)12-20/h1-12H,13-14H2,(H,29,31)/b22-11+. The maximum atomic E-state index is 13.4. The lowest BCUT2D eigenvalue weighted by molar-refractivity contribution is -0.127. The number of ether oxygens (including phenoxy) is 1. The van der Waals surface area contributed by atoms with Crippen molar-refractivity contribution < 1.29 is 27.9 Å². The number of anilines is 1. The fourth-order valence-corrected chi connectivity index (χ4v) is 4.45. The number of carbonyl (C=O) groups excluding carboxylic acids is 3. The van der Waals surface area contributed by atoms with Gasteiger partial charge in [0.05, 0.1) is 4.91 Å². The smallest absolute Gasteiger partial charge is 0.294 e. The number of benzene rings is 3. The van der Waals surface area contributed by atoms with E-state index in [0.29, 0.717) is 28.6 Å². The first-order chi connectivity index (χ1) is 16.8. The van der Waals surface area contributed by atoms with Crippen LogP contribution in [0.1, 0.15) is 11.1 Å². The van der Waals surface area contributed by atoms with E-state index in [9.17, 15) is 23.2 Å². The average Bonchev–Trinajstić information content (AvgIpc) is 3.06. The number of thioether (sulfide) groups is 1. The Labute approximate surface area is 212 Å². The van der Waals surface area contributed by atoms with E-state index < -0.39 is 29.4 Å². The van der Waals surface area contributed by atoms with Crippen molar-refractivity contribution in [2.75, 3.05) is 11.9 Å². The van der Waals surface area contributed by atoms with Gasteiger partial charge in [-0.05, 0) is 71.9 Å². The number of rotatable bonds is 7. The molecule has 1 heterocycles. The molecule has 4 rings (SSSR count). The van der Waals surface area contributed by atoms with Gasteiger partial charge in [-0.3, -0.25) is 19.3 Å². The zero-order valence-corrected chi connectivity index (χ0v) is 20.4. The van der Waals surface area contributed by atoms with E-state index in [-0.39, 0.29) is 23.0 Å². The Bertz CT molecular complexity index is 1350. The minimum Gasteiger partial charge on any atom is -0.488 e. The van der Waals surface area contributed by atoms with Crippen LogP contribution >= 0.6 is 27.7 Å². The van der Waals surface area contributed by atoms with Crippen LogP contribution in [-0.2, 0) is 16.2 Å². The lowest BCUT2D eigenvalue weighted by atomic mass is 10.1. The zero-order valence-electron chi connectivity index (χ0n) is 18.0. The Morgan fingerprint density at radius 1 is 1.03 bits per heavy atom. The molecule has 3 aromatic carbocycles. The largest absolute Gasteiger partial charge is 0.488 e. The third-order valence-corrected chi connectivity index (χ3v) is 6.23. The van der Waals surface area contributed by atoms with Crippen LogP contribution < -0.4 is 10.1 Å². The molecule has 35 heavy (non-hydrogen) atoms. The van der Waals surface area contributed by atoms with Crippen LogP contribution in [0.15, 0.2) is 76.1 Å². The van der Waals surface area contributed by atoms with Crippen molar-refractivity contribution in [2.24, 2.45) is 0 Å². The number of nitrogens with zero attached hydrogens (tertiary/aromatic N) is 1. The van der Waals surface area contributed by atoms with Crippen molar-refractivity contribution in [3.8, 4) is 5.75 Å². The second kappa shape index (κ2) is 10.8. The SMILES string of the molecule is O=C(CN1C(=O)S/C(=C/c2cc(Br)ccc2OCc2cccc(F)c2)C1=O)Nc1cccc(F)c1. The summed E-state index contributed by atoms with van der Waals surface area (Å²) < 4.78 is 33.3. The van der Waals surface area contributed by atoms with Gasteiger partial charge in [-0.15, -0.1) is 0 Å². The maximum absolute atomic E-state index is 13.4. The van der Waals surface area contributed by atoms with E-state index >= 15 is 0 Å². The van der Waals surface area contributed by atoms with Gasteiger partial charge >= 0.3 is 0 Å². The molecule has 1 fully saturated rings. The Kier molecular flexibility index (Phi) is 7.62. The van der Waals surface area contributed by atoms with Gasteiger partial charge in [0.15, 0.2) is 0 Å². The van der Waals surface area contributed by atoms with Crippen molar-refractivity contribution in [2.45, 2.75) is 6.61 Å². The van der Waals surface area contributed by atoms with Crippen molar-refractivity contribution in [1.82, 2.24) is 4.90 Å². The molecule has 0 radical (unpaired) electrons. The third kappa shape index (κ3) is 6.34. The fourth-order valence-electron chi connectivity index (χ4n) is 3.24. The molecule has 1 aliphatic rings. The summed E-state index contributed by atoms with van der Waals surface area (Å²) in [5, 5.41) is 1.86. The van der Waals surface area contributed by atoms with Crippen LogP contribution in [-0.4, -0.2) is 28.5 Å². The number of halogens is 3. The minimum atomic E-state index is -0.638. The van der Waals surface area contributed by atoms with Crippen LogP contribution in [0.25, 0.3) is 6.08 Å². The number of hydrogen-bond donors (Lipinski definition) is 1. The first-order valence-electron chi connectivity index (χ1n) is 10.3. The number of hydrogen-bond acceptors (Lipinski definition) is 5. The molecule has 0 spiro atoms. The van der Waals surface area contributed by atoms with E-state index in [1.165, 1.54) is 36.4 Å². The molecule has 1 aliphatic heterocycles. The van der Waals surface area contributed by atoms with Gasteiger partial charge in [-0.25, -0.2) is 8.78 Å². The molecule has 0 aromatic heterocycles. The van der Waals surface area contributed by atoms with Gasteiger partial charge in [-0.2, -0.15) is 0 Å². The number of nitrogens with one attached hydrogen (secondary N) is 1. The molecular weight excluding hydrogens is 542 g/mol. The predicted octanol–water partition coefficient (Wildman–Crippen LogP) is 5.98. The molecule has 0 bridgehead atoms. The topological polar surface area (TPSA) is 75.7 Å². The highest BCUT2D eigenvalue weighted by Crippen LogP contribution is 2.35. The second-order valence-corrected chi connectivity index (χ2v) is 9.34. The summed E-state index contributed by atoms with van der Waals surface area (Å²) in [5.41, 5.74) is 1.36. The summed E-state index contributed by atoms with van der Waals surface area (Å²) in [4.78, 5) is 38.5. The highest BCUT2D eigenvalue weighted by atomic mass is 79.9. The predicted molar refractivity (Wildman–Crippen MR) is 133 cm³/mol. The monoisotopic (exact) mass is 558 g/mol. The Hall–Kier alpha value is -3.50. The molecule has 178 valence electrons.